The number of fused-ring (bicyclic) bond motifs is 2. The average molecular weight is 285 g/mol. The molecule has 2 heteroatoms. The Balaban J connectivity index is 1.42. The minimum absolute atomic E-state index is 0.0257. The van der Waals surface area contributed by atoms with Gasteiger partial charge in [0.05, 0.1) is 6.10 Å². The van der Waals surface area contributed by atoms with Crippen molar-refractivity contribution in [1.82, 2.24) is 0 Å². The molecule has 2 fully saturated rings. The van der Waals surface area contributed by atoms with E-state index in [1.54, 1.807) is 0 Å². The monoisotopic (exact) mass is 284 g/mol. The van der Waals surface area contributed by atoms with Crippen molar-refractivity contribution in [2.75, 3.05) is 5.75 Å². The Labute approximate surface area is 123 Å². The molecule has 2 aliphatic rings. The summed E-state index contributed by atoms with van der Waals surface area (Å²) in [6.07, 6.45) is 15.3. The number of hydrogen-bond acceptors (Lipinski definition) is 2. The fourth-order valence-corrected chi connectivity index (χ4v) is 5.48. The van der Waals surface area contributed by atoms with Crippen molar-refractivity contribution < 1.29 is 5.11 Å². The van der Waals surface area contributed by atoms with E-state index in [-0.39, 0.29) is 6.10 Å². The highest BCUT2D eigenvalue weighted by atomic mass is 32.2. The van der Waals surface area contributed by atoms with Crippen molar-refractivity contribution in [3.63, 3.8) is 0 Å². The van der Waals surface area contributed by atoms with Crippen LogP contribution in [0, 0.1) is 11.8 Å². The second-order valence-corrected chi connectivity index (χ2v) is 7.92. The van der Waals surface area contributed by atoms with Crippen molar-refractivity contribution in [2.45, 2.75) is 88.9 Å². The molecule has 0 aliphatic heterocycles. The summed E-state index contributed by atoms with van der Waals surface area (Å²) in [5, 5.41) is 10.8. The topological polar surface area (TPSA) is 20.2 Å². The summed E-state index contributed by atoms with van der Waals surface area (Å²) in [5.41, 5.74) is 0. The molecule has 2 bridgehead atoms. The van der Waals surface area contributed by atoms with Gasteiger partial charge in [-0.25, -0.2) is 0 Å². The lowest BCUT2D eigenvalue weighted by atomic mass is 9.97. The minimum atomic E-state index is 0.0257. The Morgan fingerprint density at radius 3 is 2.16 bits per heavy atom. The van der Waals surface area contributed by atoms with Crippen LogP contribution in [0.5, 0.6) is 0 Å². The van der Waals surface area contributed by atoms with E-state index < -0.39 is 0 Å². The smallest absolute Gasteiger partial charge is 0.0689 e. The van der Waals surface area contributed by atoms with Gasteiger partial charge < -0.3 is 5.11 Å². The summed E-state index contributed by atoms with van der Waals surface area (Å²) in [4.78, 5) is 0. The zero-order valence-corrected chi connectivity index (χ0v) is 13.5. The Hall–Kier alpha value is 0.310. The number of unbranched alkanes of at least 4 members (excludes halogenated alkanes) is 7. The third-order valence-corrected chi connectivity index (χ3v) is 6.68. The van der Waals surface area contributed by atoms with Crippen LogP contribution in [-0.4, -0.2) is 22.2 Å². The maximum atomic E-state index is 10.2. The molecule has 2 rings (SSSR count). The van der Waals surface area contributed by atoms with Crippen LogP contribution in [0.25, 0.3) is 0 Å². The number of thioether (sulfide) groups is 1. The average Bonchev–Trinajstić information content (AvgIpc) is 2.99. The predicted molar refractivity (Wildman–Crippen MR) is 85.7 cm³/mol. The van der Waals surface area contributed by atoms with Crippen LogP contribution in [-0.2, 0) is 0 Å². The maximum absolute atomic E-state index is 10.2. The third kappa shape index (κ3) is 4.67. The number of aliphatic hydroxyl groups excluding tert-OH is 1. The Morgan fingerprint density at radius 2 is 1.53 bits per heavy atom. The highest BCUT2D eigenvalue weighted by Gasteiger charge is 2.46. The fraction of sp³-hybridized carbons (Fsp3) is 1.00. The first-order valence-corrected chi connectivity index (χ1v) is 9.67. The molecule has 2 aliphatic carbocycles. The largest absolute Gasteiger partial charge is 0.392 e. The van der Waals surface area contributed by atoms with Crippen LogP contribution in [0.3, 0.4) is 0 Å². The SMILES string of the molecule is CCCCCCCCCCSC1C2CCC(C2)C1O. The first-order valence-electron chi connectivity index (χ1n) is 8.62. The van der Waals surface area contributed by atoms with Crippen molar-refractivity contribution in [3.05, 3.63) is 0 Å². The molecule has 4 unspecified atom stereocenters. The van der Waals surface area contributed by atoms with Gasteiger partial charge in [0, 0.05) is 5.25 Å². The van der Waals surface area contributed by atoms with Crippen LogP contribution >= 0.6 is 11.8 Å². The lowest BCUT2D eigenvalue weighted by molar-refractivity contribution is 0.119. The molecule has 0 radical (unpaired) electrons. The van der Waals surface area contributed by atoms with E-state index in [0.717, 1.165) is 5.92 Å². The van der Waals surface area contributed by atoms with Crippen LogP contribution in [0.1, 0.15) is 77.6 Å². The van der Waals surface area contributed by atoms with Gasteiger partial charge in [0.15, 0.2) is 0 Å². The van der Waals surface area contributed by atoms with Gasteiger partial charge in [-0.05, 0) is 43.3 Å². The lowest BCUT2D eigenvalue weighted by Crippen LogP contribution is -2.29. The predicted octanol–water partition coefficient (Wildman–Crippen LogP) is 5.02. The van der Waals surface area contributed by atoms with Gasteiger partial charge in [0.25, 0.3) is 0 Å². The summed E-state index contributed by atoms with van der Waals surface area (Å²) in [5.74, 6) is 2.78. The Bertz CT molecular complexity index is 241. The van der Waals surface area contributed by atoms with E-state index in [1.807, 2.05) is 0 Å². The standard InChI is InChI=1S/C17H32OS/c1-2-3-4-5-6-7-8-9-12-19-17-15-11-10-14(13-15)16(17)18/h14-18H,2-13H2,1H3. The normalized spacial score (nSPS) is 33.2. The minimum Gasteiger partial charge on any atom is -0.392 e. The molecule has 4 atom stereocenters. The quantitative estimate of drug-likeness (QED) is 0.568. The van der Waals surface area contributed by atoms with Crippen LogP contribution in [0.15, 0.2) is 0 Å². The zero-order chi connectivity index (χ0) is 13.5. The van der Waals surface area contributed by atoms with Crippen LogP contribution < -0.4 is 0 Å². The van der Waals surface area contributed by atoms with E-state index in [2.05, 4.69) is 18.7 Å². The zero-order valence-electron chi connectivity index (χ0n) is 12.7. The highest BCUT2D eigenvalue weighted by molar-refractivity contribution is 7.99. The van der Waals surface area contributed by atoms with E-state index in [4.69, 9.17) is 0 Å². The molecule has 1 N–H and O–H groups in total. The van der Waals surface area contributed by atoms with Gasteiger partial charge in [-0.2, -0.15) is 11.8 Å². The van der Waals surface area contributed by atoms with Crippen molar-refractivity contribution in [3.8, 4) is 0 Å². The van der Waals surface area contributed by atoms with Gasteiger partial charge in [-0.1, -0.05) is 51.9 Å². The van der Waals surface area contributed by atoms with Gasteiger partial charge >= 0.3 is 0 Å². The summed E-state index contributed by atoms with van der Waals surface area (Å²) < 4.78 is 0. The molecule has 112 valence electrons. The molecule has 0 amide bonds. The maximum Gasteiger partial charge on any atom is 0.0689 e. The van der Waals surface area contributed by atoms with E-state index in [0.29, 0.717) is 11.2 Å². The molecule has 0 spiro atoms. The van der Waals surface area contributed by atoms with Gasteiger partial charge in [-0.3, -0.25) is 0 Å². The molecular weight excluding hydrogens is 252 g/mol. The summed E-state index contributed by atoms with van der Waals surface area (Å²) in [7, 11) is 0. The summed E-state index contributed by atoms with van der Waals surface area (Å²) in [6, 6.07) is 0. The van der Waals surface area contributed by atoms with Gasteiger partial charge in [-0.15, -0.1) is 0 Å². The highest BCUT2D eigenvalue weighted by Crippen LogP contribution is 2.49. The molecule has 0 aromatic heterocycles. The summed E-state index contributed by atoms with van der Waals surface area (Å²) >= 11 is 2.08. The van der Waals surface area contributed by atoms with Crippen molar-refractivity contribution >= 4 is 11.8 Å². The Kier molecular flexibility index (Phi) is 7.07. The van der Waals surface area contributed by atoms with Crippen LogP contribution in [0.4, 0.5) is 0 Å². The molecule has 1 nitrogen and oxygen atoms in total. The number of aliphatic hydroxyl groups is 1. The number of rotatable bonds is 10. The summed E-state index contributed by atoms with van der Waals surface area (Å²) in [6.45, 7) is 2.28. The molecule has 0 aromatic carbocycles. The second-order valence-electron chi connectivity index (χ2n) is 6.63. The fourth-order valence-electron chi connectivity index (χ4n) is 3.90. The molecule has 0 heterocycles. The molecule has 19 heavy (non-hydrogen) atoms. The third-order valence-electron chi connectivity index (χ3n) is 5.11. The first kappa shape index (κ1) is 15.7. The van der Waals surface area contributed by atoms with Crippen molar-refractivity contribution in [2.24, 2.45) is 11.8 Å². The van der Waals surface area contributed by atoms with E-state index in [9.17, 15) is 5.11 Å². The molecule has 0 aromatic rings. The molecule has 2 saturated carbocycles. The van der Waals surface area contributed by atoms with Crippen LogP contribution in [0.2, 0.25) is 0 Å². The second kappa shape index (κ2) is 8.56. The Morgan fingerprint density at radius 1 is 0.895 bits per heavy atom. The van der Waals surface area contributed by atoms with E-state index in [1.165, 1.54) is 76.4 Å². The number of hydrogen-bond donors (Lipinski definition) is 1. The van der Waals surface area contributed by atoms with Gasteiger partial charge in [0.2, 0.25) is 0 Å². The van der Waals surface area contributed by atoms with Gasteiger partial charge in [0.1, 0.15) is 0 Å². The first-order chi connectivity index (χ1) is 9.33. The molecular formula is C17H32OS. The molecule has 0 saturated heterocycles. The van der Waals surface area contributed by atoms with E-state index >= 15 is 0 Å². The van der Waals surface area contributed by atoms with Crippen molar-refractivity contribution in [1.29, 1.82) is 0 Å². The lowest BCUT2D eigenvalue weighted by Gasteiger charge is -2.26.